The third kappa shape index (κ3) is 176. The Morgan fingerprint density at radius 3 is 1.00 bits per heavy atom. The Bertz CT molecular complexity index is 33.9. The van der Waals surface area contributed by atoms with E-state index in [4.69, 9.17) is 19.8 Å². The van der Waals surface area contributed by atoms with Gasteiger partial charge in [-0.1, -0.05) is 12.9 Å². The zero-order valence-electron chi connectivity index (χ0n) is 3.92. The molecule has 0 aliphatic rings. The average Bonchev–Trinajstić information content (AvgIpc) is 1.39. The maximum atomic E-state index is 8.24. The topological polar surface area (TPSA) is 106 Å². The molecular formula is C2H6O5Sr2. The van der Waals surface area contributed by atoms with E-state index in [1.807, 2.05) is 0 Å². The molecule has 9 heavy (non-hydrogen) atoms. The van der Waals surface area contributed by atoms with Gasteiger partial charge in [-0.2, -0.15) is 0 Å². The van der Waals surface area contributed by atoms with E-state index in [0.717, 1.165) is 0 Å². The quantitative estimate of drug-likeness (QED) is 0.368. The molecule has 0 rings (SSSR count). The van der Waals surface area contributed by atoms with Crippen molar-refractivity contribution < 1.29 is 25.3 Å². The van der Waals surface area contributed by atoms with E-state index < -0.39 is 0 Å². The maximum absolute atomic E-state index is 8.24. The molecule has 0 bridgehead atoms. The Morgan fingerprint density at radius 2 is 1.00 bits per heavy atom. The second-order valence-corrected chi connectivity index (χ2v) is 0.183. The third-order valence-corrected chi connectivity index (χ3v) is 0. The monoisotopic (exact) mass is 286 g/mol. The van der Waals surface area contributed by atoms with Crippen molar-refractivity contribution in [3.05, 3.63) is 0 Å². The molecule has 0 fully saturated rings. The molecule has 0 aromatic heterocycles. The summed E-state index contributed by atoms with van der Waals surface area (Å²) in [7, 11) is 0. The third-order valence-electron chi connectivity index (χ3n) is 0. The van der Waals surface area contributed by atoms with Crippen LogP contribution < -0.4 is 0 Å². The molecule has 0 amide bonds. The number of aliphatic hydroxyl groups excluding tert-OH is 2. The molecule has 0 aliphatic carbocycles. The van der Waals surface area contributed by atoms with Gasteiger partial charge in [-0.25, -0.2) is 0 Å². The molecule has 0 saturated heterocycles. The van der Waals surface area contributed by atoms with Crippen molar-refractivity contribution in [1.29, 1.82) is 0 Å². The fourth-order valence-corrected chi connectivity index (χ4v) is 0. The summed E-state index contributed by atoms with van der Waals surface area (Å²) in [6.45, 7) is 1.00. The summed E-state index contributed by atoms with van der Waals surface area (Å²) in [4.78, 5) is 16.5. The van der Waals surface area contributed by atoms with Crippen molar-refractivity contribution >= 4 is 104 Å². The fraction of sp³-hybridized carbons (Fsp3) is 0. The van der Waals surface area contributed by atoms with Crippen LogP contribution in [0, 0.1) is 0 Å². The standard InChI is InChI=1S/2CHO2.H2O.2Sr.2H/c2*2-1-3;;;;;/h2*(H,2,3);1H2;;;;/q2*-1;;;+2;;. The van der Waals surface area contributed by atoms with E-state index in [1.54, 1.807) is 0 Å². The predicted octanol–water partition coefficient (Wildman–Crippen LogP) is -2.90. The summed E-state index contributed by atoms with van der Waals surface area (Å²) in [6, 6.07) is 0. The van der Waals surface area contributed by atoms with Crippen LogP contribution in [0.15, 0.2) is 0 Å². The number of hydrogen-bond acceptors (Lipinski definition) is 2. The van der Waals surface area contributed by atoms with E-state index in [0.29, 0.717) is 12.9 Å². The van der Waals surface area contributed by atoms with Crippen molar-refractivity contribution in [2.24, 2.45) is 0 Å². The van der Waals surface area contributed by atoms with Gasteiger partial charge in [0.25, 0.3) is 0 Å². The first-order valence-electron chi connectivity index (χ1n) is 0.855. The number of hydrogen-bond donors (Lipinski definition) is 2. The van der Waals surface area contributed by atoms with Gasteiger partial charge in [0, 0.05) is 0 Å². The zero-order valence-corrected chi connectivity index (χ0v) is 7.39. The van der Waals surface area contributed by atoms with Crippen molar-refractivity contribution in [3.63, 3.8) is 0 Å². The fourth-order valence-electron chi connectivity index (χ4n) is 0. The Morgan fingerprint density at radius 1 is 1.00 bits per heavy atom. The molecule has 48 valence electrons. The molecule has 5 nitrogen and oxygen atoms in total. The van der Waals surface area contributed by atoms with E-state index in [-0.39, 0.29) is 96.4 Å². The van der Waals surface area contributed by atoms with E-state index in [1.165, 1.54) is 0 Å². The first-order chi connectivity index (χ1) is 2.83. The Labute approximate surface area is 126 Å². The zero-order chi connectivity index (χ0) is 5.41. The van der Waals surface area contributed by atoms with Crippen LogP contribution in [0.5, 0.6) is 0 Å². The Balaban J connectivity index is -0.00000000889. The van der Waals surface area contributed by atoms with Gasteiger partial charge >= 0.3 is 91.0 Å². The summed E-state index contributed by atoms with van der Waals surface area (Å²) >= 11 is 0. The van der Waals surface area contributed by atoms with Crippen LogP contribution in [-0.2, 0) is 9.59 Å². The van der Waals surface area contributed by atoms with Crippen molar-refractivity contribution in [1.82, 2.24) is 0 Å². The summed E-state index contributed by atoms with van der Waals surface area (Å²) in [6.07, 6.45) is 0. The molecule has 0 radical (unpaired) electrons. The van der Waals surface area contributed by atoms with Crippen LogP contribution in [0.4, 0.5) is 0 Å². The Hall–Kier alpha value is 1.86. The van der Waals surface area contributed by atoms with Gasteiger partial charge in [0.05, 0.1) is 0 Å². The first kappa shape index (κ1) is 30.7. The predicted molar refractivity (Wildman–Crippen MR) is 34.6 cm³/mol. The Kier molecular flexibility index (Phi) is 177. The normalized spacial score (nSPS) is 2.67. The van der Waals surface area contributed by atoms with Gasteiger partial charge < -0.3 is 25.3 Å². The van der Waals surface area contributed by atoms with Gasteiger partial charge in [0.1, 0.15) is 0 Å². The van der Waals surface area contributed by atoms with Crippen molar-refractivity contribution in [2.75, 3.05) is 0 Å². The minimum absolute atomic E-state index is 0. The number of rotatable bonds is 0. The molecule has 0 aliphatic heterocycles. The van der Waals surface area contributed by atoms with Crippen LogP contribution in [0.1, 0.15) is 0 Å². The van der Waals surface area contributed by atoms with Gasteiger partial charge in [0.15, 0.2) is 0 Å². The molecule has 0 aromatic rings. The van der Waals surface area contributed by atoms with Crippen molar-refractivity contribution in [2.45, 2.75) is 0 Å². The molecule has 0 spiro atoms. The molecule has 0 unspecified atom stereocenters. The van der Waals surface area contributed by atoms with Crippen LogP contribution >= 0.6 is 0 Å². The van der Waals surface area contributed by atoms with Gasteiger partial charge in [0.2, 0.25) is 0 Å². The van der Waals surface area contributed by atoms with Gasteiger partial charge in [-0.15, -0.1) is 0 Å². The van der Waals surface area contributed by atoms with Crippen LogP contribution in [0.2, 0.25) is 0 Å². The molecular weight excluding hydrogens is 279 g/mol. The second kappa shape index (κ2) is 51.9. The summed E-state index contributed by atoms with van der Waals surface area (Å²) in [5.41, 5.74) is 0. The SMILES string of the molecule is O.O=[C-]O.O=[C-]O.[Sr+2].[SrH2]. The molecule has 0 heterocycles. The van der Waals surface area contributed by atoms with Crippen LogP contribution in [0.25, 0.3) is 0 Å². The summed E-state index contributed by atoms with van der Waals surface area (Å²) < 4.78 is 0. The summed E-state index contributed by atoms with van der Waals surface area (Å²) in [5.74, 6) is 0. The van der Waals surface area contributed by atoms with E-state index in [2.05, 4.69) is 0 Å². The molecule has 0 atom stereocenters. The van der Waals surface area contributed by atoms with Crippen LogP contribution in [0.3, 0.4) is 0 Å². The first-order valence-corrected chi connectivity index (χ1v) is 0.855. The second-order valence-electron chi connectivity index (χ2n) is 0.183. The molecule has 4 N–H and O–H groups in total. The molecule has 0 aromatic carbocycles. The van der Waals surface area contributed by atoms with Gasteiger partial charge in [-0.3, -0.25) is 0 Å². The minimum atomic E-state index is 0. The summed E-state index contributed by atoms with van der Waals surface area (Å²) in [5, 5.41) is 13.5. The average molecular weight is 285 g/mol. The van der Waals surface area contributed by atoms with Crippen LogP contribution in [-0.4, -0.2) is 120 Å². The molecule has 0 saturated carbocycles. The van der Waals surface area contributed by atoms with Crippen molar-refractivity contribution in [3.8, 4) is 0 Å². The van der Waals surface area contributed by atoms with E-state index >= 15 is 0 Å². The van der Waals surface area contributed by atoms with E-state index in [9.17, 15) is 0 Å². The molecule has 7 heteroatoms. The van der Waals surface area contributed by atoms with Gasteiger partial charge in [-0.05, 0) is 0 Å².